The average Bonchev–Trinajstić information content (AvgIpc) is 2.98. The molecule has 0 aliphatic carbocycles. The van der Waals surface area contributed by atoms with E-state index in [1.54, 1.807) is 17.8 Å². The monoisotopic (exact) mass is 415 g/mol. The number of halogens is 2. The van der Waals surface area contributed by atoms with Crippen molar-refractivity contribution in [2.45, 2.75) is 17.6 Å². The van der Waals surface area contributed by atoms with Crippen LogP contribution in [0.25, 0.3) is 16.8 Å². The van der Waals surface area contributed by atoms with E-state index in [1.807, 2.05) is 55.5 Å². The molecule has 4 nitrogen and oxygen atoms in total. The van der Waals surface area contributed by atoms with E-state index in [1.165, 1.54) is 4.52 Å². The summed E-state index contributed by atoms with van der Waals surface area (Å²) < 4.78 is 1.47. The third-order valence-electron chi connectivity index (χ3n) is 4.16. The molecule has 0 saturated heterocycles. The minimum atomic E-state index is -0.136. The number of aromatic amines is 1. The van der Waals surface area contributed by atoms with Crippen LogP contribution in [0.15, 0.2) is 64.3 Å². The van der Waals surface area contributed by atoms with E-state index < -0.39 is 0 Å². The Balaban J connectivity index is 1.74. The second-order valence-electron chi connectivity index (χ2n) is 6.11. The number of aryl methyl sites for hydroxylation is 1. The largest absolute Gasteiger partial charge is 0.293 e. The third kappa shape index (κ3) is 3.76. The molecule has 4 aromatic rings. The van der Waals surface area contributed by atoms with E-state index in [0.29, 0.717) is 21.4 Å². The first-order chi connectivity index (χ1) is 13.0. The molecule has 0 aliphatic heterocycles. The normalized spacial score (nSPS) is 11.2. The smallest absolute Gasteiger partial charge is 0.272 e. The first-order valence-corrected chi connectivity index (χ1v) is 10.0. The molecule has 2 aromatic carbocycles. The maximum absolute atomic E-state index is 12.6. The quantitative estimate of drug-likeness (QED) is 0.441. The average molecular weight is 416 g/mol. The highest BCUT2D eigenvalue weighted by Crippen LogP contribution is 2.29. The Labute approximate surface area is 170 Å². The molecule has 0 bridgehead atoms. The van der Waals surface area contributed by atoms with Crippen LogP contribution in [0.3, 0.4) is 0 Å². The summed E-state index contributed by atoms with van der Waals surface area (Å²) >= 11 is 13.7. The number of hydrogen-bond acceptors (Lipinski definition) is 3. The molecule has 0 aliphatic rings. The van der Waals surface area contributed by atoms with E-state index >= 15 is 0 Å². The van der Waals surface area contributed by atoms with Crippen molar-refractivity contribution in [1.82, 2.24) is 14.6 Å². The number of hydrogen-bond donors (Lipinski definition) is 1. The standard InChI is InChI=1S/C20H15Cl2N3OS/c1-12-19(13-3-2-4-15(22)9-13)20-23-16(10-18(26)25(20)24-12)11-27-17-7-5-14(21)6-8-17/h2-10,24H,11H2,1H3. The molecule has 27 heavy (non-hydrogen) atoms. The minimum absolute atomic E-state index is 0.136. The Morgan fingerprint density at radius 3 is 2.59 bits per heavy atom. The van der Waals surface area contributed by atoms with Gasteiger partial charge in [0.2, 0.25) is 0 Å². The molecule has 2 aromatic heterocycles. The Kier molecular flexibility index (Phi) is 5.00. The van der Waals surface area contributed by atoms with E-state index in [2.05, 4.69) is 5.10 Å². The molecule has 0 fully saturated rings. The van der Waals surface area contributed by atoms with Gasteiger partial charge in [-0.25, -0.2) is 9.50 Å². The van der Waals surface area contributed by atoms with Crippen LogP contribution in [0.2, 0.25) is 10.0 Å². The van der Waals surface area contributed by atoms with E-state index in [4.69, 9.17) is 28.2 Å². The zero-order valence-electron chi connectivity index (χ0n) is 14.4. The fourth-order valence-corrected chi connectivity index (χ4v) is 4.06. The van der Waals surface area contributed by atoms with Crippen LogP contribution in [-0.4, -0.2) is 14.6 Å². The summed E-state index contributed by atoms with van der Waals surface area (Å²) in [6.07, 6.45) is 0. The van der Waals surface area contributed by atoms with Gasteiger partial charge >= 0.3 is 0 Å². The van der Waals surface area contributed by atoms with Crippen LogP contribution < -0.4 is 5.56 Å². The first kappa shape index (κ1) is 18.2. The lowest BCUT2D eigenvalue weighted by Crippen LogP contribution is -2.15. The van der Waals surface area contributed by atoms with Gasteiger partial charge < -0.3 is 0 Å². The van der Waals surface area contributed by atoms with Crippen molar-refractivity contribution in [1.29, 1.82) is 0 Å². The minimum Gasteiger partial charge on any atom is -0.293 e. The van der Waals surface area contributed by atoms with Gasteiger partial charge in [0, 0.05) is 38.0 Å². The van der Waals surface area contributed by atoms with Gasteiger partial charge in [0.25, 0.3) is 5.56 Å². The lowest BCUT2D eigenvalue weighted by molar-refractivity contribution is 0.872. The number of H-pyrrole nitrogens is 1. The summed E-state index contributed by atoms with van der Waals surface area (Å²) in [6, 6.07) is 16.7. The second kappa shape index (κ2) is 7.43. The van der Waals surface area contributed by atoms with Crippen molar-refractivity contribution >= 4 is 40.6 Å². The van der Waals surface area contributed by atoms with Crippen molar-refractivity contribution in [3.63, 3.8) is 0 Å². The summed E-state index contributed by atoms with van der Waals surface area (Å²) in [5.74, 6) is 0.590. The zero-order chi connectivity index (χ0) is 19.0. The molecule has 136 valence electrons. The molecule has 0 spiro atoms. The van der Waals surface area contributed by atoms with E-state index in [9.17, 15) is 4.79 Å². The molecule has 4 rings (SSSR count). The maximum Gasteiger partial charge on any atom is 0.272 e. The Hall–Kier alpha value is -2.21. The molecule has 0 unspecified atom stereocenters. The van der Waals surface area contributed by atoms with Crippen LogP contribution >= 0.6 is 35.0 Å². The third-order valence-corrected chi connectivity index (χ3v) is 5.70. The highest BCUT2D eigenvalue weighted by molar-refractivity contribution is 7.98. The Bertz CT molecular complexity index is 1180. The summed E-state index contributed by atoms with van der Waals surface area (Å²) in [5.41, 5.74) is 3.87. The number of thioether (sulfide) groups is 1. The van der Waals surface area contributed by atoms with Gasteiger partial charge in [-0.1, -0.05) is 35.3 Å². The molecule has 0 radical (unpaired) electrons. The van der Waals surface area contributed by atoms with Crippen LogP contribution in [0.4, 0.5) is 0 Å². The van der Waals surface area contributed by atoms with Crippen molar-refractivity contribution in [3.8, 4) is 11.1 Å². The molecule has 0 saturated carbocycles. The number of aromatic nitrogens is 3. The molecule has 0 amide bonds. The predicted molar refractivity (Wildman–Crippen MR) is 112 cm³/mol. The second-order valence-corrected chi connectivity index (χ2v) is 8.03. The van der Waals surface area contributed by atoms with Gasteiger partial charge in [0.15, 0.2) is 5.65 Å². The van der Waals surface area contributed by atoms with Crippen molar-refractivity contribution in [2.24, 2.45) is 0 Å². The number of nitrogens with zero attached hydrogens (tertiary/aromatic N) is 2. The van der Waals surface area contributed by atoms with Crippen LogP contribution in [0.5, 0.6) is 0 Å². The lowest BCUT2D eigenvalue weighted by atomic mass is 10.1. The van der Waals surface area contributed by atoms with Crippen molar-refractivity contribution in [3.05, 3.63) is 86.4 Å². The molecule has 0 atom stereocenters. The van der Waals surface area contributed by atoms with Gasteiger partial charge in [-0.3, -0.25) is 9.89 Å². The van der Waals surface area contributed by atoms with Crippen molar-refractivity contribution in [2.75, 3.05) is 0 Å². The summed E-state index contributed by atoms with van der Waals surface area (Å²) in [5, 5.41) is 4.44. The van der Waals surface area contributed by atoms with Gasteiger partial charge in [-0.2, -0.15) is 0 Å². The van der Waals surface area contributed by atoms with Crippen molar-refractivity contribution < 1.29 is 0 Å². The summed E-state index contributed by atoms with van der Waals surface area (Å²) in [7, 11) is 0. The molecular formula is C20H15Cl2N3OS. The highest BCUT2D eigenvalue weighted by Gasteiger charge is 2.15. The topological polar surface area (TPSA) is 50.2 Å². The van der Waals surface area contributed by atoms with Crippen LogP contribution in [0.1, 0.15) is 11.4 Å². The number of benzene rings is 2. The summed E-state index contributed by atoms with van der Waals surface area (Å²) in [4.78, 5) is 18.4. The first-order valence-electron chi connectivity index (χ1n) is 8.27. The molecule has 1 N–H and O–H groups in total. The maximum atomic E-state index is 12.6. The van der Waals surface area contributed by atoms with E-state index in [-0.39, 0.29) is 5.56 Å². The van der Waals surface area contributed by atoms with E-state index in [0.717, 1.165) is 27.4 Å². The summed E-state index contributed by atoms with van der Waals surface area (Å²) in [6.45, 7) is 1.92. The fraction of sp³-hybridized carbons (Fsp3) is 0.100. The molecular weight excluding hydrogens is 401 g/mol. The number of nitrogens with one attached hydrogen (secondary N) is 1. The molecule has 7 heteroatoms. The zero-order valence-corrected chi connectivity index (χ0v) is 16.7. The predicted octanol–water partition coefficient (Wildman–Crippen LogP) is 5.60. The van der Waals surface area contributed by atoms with Crippen LogP contribution in [-0.2, 0) is 5.75 Å². The fourth-order valence-electron chi connectivity index (χ4n) is 2.95. The highest BCUT2D eigenvalue weighted by atomic mass is 35.5. The van der Waals surface area contributed by atoms with Gasteiger partial charge in [-0.15, -0.1) is 11.8 Å². The lowest BCUT2D eigenvalue weighted by Gasteiger charge is -2.04. The van der Waals surface area contributed by atoms with Crippen LogP contribution in [0, 0.1) is 6.92 Å². The Morgan fingerprint density at radius 1 is 1.07 bits per heavy atom. The molecule has 2 heterocycles. The van der Waals surface area contributed by atoms with Gasteiger partial charge in [-0.05, 0) is 48.9 Å². The van der Waals surface area contributed by atoms with Gasteiger partial charge in [0.05, 0.1) is 5.69 Å². The number of rotatable bonds is 4. The number of fused-ring (bicyclic) bond motifs is 1. The SMILES string of the molecule is Cc1[nH]n2c(=O)cc(CSc3ccc(Cl)cc3)nc2c1-c1cccc(Cl)c1. The Morgan fingerprint density at radius 2 is 1.85 bits per heavy atom. The van der Waals surface area contributed by atoms with Gasteiger partial charge in [0.1, 0.15) is 0 Å².